The van der Waals surface area contributed by atoms with E-state index in [-0.39, 0.29) is 23.1 Å². The number of hydrogen-bond acceptors (Lipinski definition) is 5. The molecule has 0 bridgehead atoms. The molecule has 2 aromatic heterocycles. The first-order valence-electron chi connectivity index (χ1n) is 8.80. The predicted octanol–water partition coefficient (Wildman–Crippen LogP) is 2.01. The zero-order chi connectivity index (χ0) is 19.5. The van der Waals surface area contributed by atoms with Crippen LogP contribution in [-0.2, 0) is 6.54 Å². The summed E-state index contributed by atoms with van der Waals surface area (Å²) in [6, 6.07) is 1.22. The molecule has 2 aliphatic heterocycles. The molecule has 0 saturated carbocycles. The average molecular weight is 393 g/mol. The molecular formula is C18H21ClN4O4. The Bertz CT molecular complexity index is 984. The van der Waals surface area contributed by atoms with Gasteiger partial charge in [0.25, 0.3) is 5.88 Å². The highest BCUT2D eigenvalue weighted by molar-refractivity contribution is 6.34. The normalized spacial score (nSPS) is 19.2. The molecular weight excluding hydrogens is 372 g/mol. The van der Waals surface area contributed by atoms with E-state index in [9.17, 15) is 14.7 Å². The van der Waals surface area contributed by atoms with Gasteiger partial charge in [-0.3, -0.25) is 9.48 Å². The van der Waals surface area contributed by atoms with Gasteiger partial charge in [-0.05, 0) is 5.41 Å². The van der Waals surface area contributed by atoms with E-state index in [4.69, 9.17) is 16.3 Å². The van der Waals surface area contributed by atoms with Gasteiger partial charge in [0, 0.05) is 25.4 Å². The zero-order valence-corrected chi connectivity index (χ0v) is 16.1. The fourth-order valence-corrected chi connectivity index (χ4v) is 3.75. The van der Waals surface area contributed by atoms with Crippen LogP contribution in [0.25, 0.3) is 11.4 Å². The Hall–Kier alpha value is -2.32. The number of carboxylic acids is 1. The number of aromatic nitrogens is 3. The topological polar surface area (TPSA) is 98.4 Å². The molecule has 9 heteroatoms. The largest absolute Gasteiger partial charge is 0.477 e. The third kappa shape index (κ3) is 2.93. The maximum absolute atomic E-state index is 12.3. The molecule has 2 N–H and O–H groups in total. The van der Waals surface area contributed by atoms with Gasteiger partial charge in [-0.25, -0.2) is 4.79 Å². The van der Waals surface area contributed by atoms with Crippen LogP contribution in [0.2, 0.25) is 5.02 Å². The van der Waals surface area contributed by atoms with Gasteiger partial charge < -0.3 is 19.7 Å². The monoisotopic (exact) mass is 392 g/mol. The summed E-state index contributed by atoms with van der Waals surface area (Å²) in [7, 11) is 0. The molecule has 1 fully saturated rings. The van der Waals surface area contributed by atoms with Crippen LogP contribution >= 0.6 is 11.6 Å². The minimum Gasteiger partial charge on any atom is -0.477 e. The molecule has 8 nitrogen and oxygen atoms in total. The summed E-state index contributed by atoms with van der Waals surface area (Å²) < 4.78 is 9.45. The molecule has 0 aromatic carbocycles. The summed E-state index contributed by atoms with van der Waals surface area (Å²) in [4.78, 5) is 23.8. The Morgan fingerprint density at radius 3 is 2.67 bits per heavy atom. The number of carbonyl (C=O) groups is 1. The van der Waals surface area contributed by atoms with Crippen LogP contribution in [0.15, 0.2) is 17.1 Å². The average Bonchev–Trinajstić information content (AvgIpc) is 2.84. The van der Waals surface area contributed by atoms with Crippen LogP contribution in [0, 0.1) is 5.41 Å². The van der Waals surface area contributed by atoms with Crippen molar-refractivity contribution in [2.24, 2.45) is 5.41 Å². The summed E-state index contributed by atoms with van der Waals surface area (Å²) in [6.07, 6.45) is 1.44. The Kier molecular flexibility index (Phi) is 4.08. The maximum atomic E-state index is 12.3. The van der Waals surface area contributed by atoms with Gasteiger partial charge >= 0.3 is 5.97 Å². The highest BCUT2D eigenvalue weighted by atomic mass is 35.5. The third-order valence-electron chi connectivity index (χ3n) is 5.12. The summed E-state index contributed by atoms with van der Waals surface area (Å²) in [5.74, 6) is -0.899. The molecule has 0 radical (unpaired) electrons. The molecule has 4 heterocycles. The predicted molar refractivity (Wildman–Crippen MR) is 99.7 cm³/mol. The number of halogens is 1. The number of carboxylic acid groups (broad SMARTS) is 1. The van der Waals surface area contributed by atoms with Crippen molar-refractivity contribution in [2.75, 3.05) is 13.1 Å². The fourth-order valence-electron chi connectivity index (χ4n) is 3.47. The van der Waals surface area contributed by atoms with Crippen molar-refractivity contribution >= 4 is 17.6 Å². The molecule has 2 aliphatic rings. The summed E-state index contributed by atoms with van der Waals surface area (Å²) in [6.45, 7) is 8.16. The Balaban J connectivity index is 1.90. The van der Waals surface area contributed by atoms with Crippen LogP contribution in [-0.4, -0.2) is 44.6 Å². The number of hydrogen-bond donors (Lipinski definition) is 2. The SMILES string of the molecule is CC(C)(C)[C@@H]1Cn2nc(OC3CNC3)c(Cl)c2-c2cc(=O)c(C(=O)O)cn21. The van der Waals surface area contributed by atoms with Gasteiger partial charge in [0.15, 0.2) is 5.43 Å². The second-order valence-electron chi connectivity index (χ2n) is 8.08. The quantitative estimate of drug-likeness (QED) is 0.829. The molecule has 2 aromatic rings. The van der Waals surface area contributed by atoms with Crippen LogP contribution in [0.4, 0.5) is 0 Å². The van der Waals surface area contributed by atoms with E-state index < -0.39 is 11.4 Å². The Morgan fingerprint density at radius 2 is 2.11 bits per heavy atom. The minimum absolute atomic E-state index is 0.0226. The van der Waals surface area contributed by atoms with Crippen LogP contribution < -0.4 is 15.5 Å². The van der Waals surface area contributed by atoms with Gasteiger partial charge in [0.2, 0.25) is 0 Å². The van der Waals surface area contributed by atoms with Crippen molar-refractivity contribution in [2.45, 2.75) is 39.5 Å². The van der Waals surface area contributed by atoms with Gasteiger partial charge in [-0.15, -0.1) is 5.10 Å². The van der Waals surface area contributed by atoms with E-state index in [1.165, 1.54) is 12.3 Å². The molecule has 4 rings (SSSR count). The van der Waals surface area contributed by atoms with E-state index in [0.717, 1.165) is 13.1 Å². The lowest BCUT2D eigenvalue weighted by atomic mass is 9.85. The number of aromatic carboxylic acids is 1. The number of rotatable bonds is 3. The van der Waals surface area contributed by atoms with Gasteiger partial charge in [-0.1, -0.05) is 32.4 Å². The second-order valence-corrected chi connectivity index (χ2v) is 8.46. The lowest BCUT2D eigenvalue weighted by molar-refractivity contribution is 0.0693. The van der Waals surface area contributed by atoms with E-state index >= 15 is 0 Å². The van der Waals surface area contributed by atoms with Crippen LogP contribution in [0.1, 0.15) is 37.2 Å². The summed E-state index contributed by atoms with van der Waals surface area (Å²) in [5.41, 5.74) is 0.116. The van der Waals surface area contributed by atoms with Crippen LogP contribution in [0.5, 0.6) is 5.88 Å². The lowest BCUT2D eigenvalue weighted by Gasteiger charge is -2.38. The Morgan fingerprint density at radius 1 is 1.41 bits per heavy atom. The highest BCUT2D eigenvalue weighted by Crippen LogP contribution is 2.44. The van der Waals surface area contributed by atoms with Crippen molar-refractivity contribution in [3.63, 3.8) is 0 Å². The number of nitrogens with one attached hydrogen (secondary N) is 1. The fraction of sp³-hybridized carbons (Fsp3) is 0.500. The zero-order valence-electron chi connectivity index (χ0n) is 15.3. The number of fused-ring (bicyclic) bond motifs is 3. The number of pyridine rings is 1. The minimum atomic E-state index is -1.24. The van der Waals surface area contributed by atoms with E-state index in [1.807, 2.05) is 4.57 Å². The highest BCUT2D eigenvalue weighted by Gasteiger charge is 2.37. The van der Waals surface area contributed by atoms with Crippen molar-refractivity contribution in [3.8, 4) is 17.3 Å². The van der Waals surface area contributed by atoms with E-state index in [1.54, 1.807) is 4.68 Å². The number of nitrogens with zero attached hydrogens (tertiary/aromatic N) is 3. The molecule has 0 unspecified atom stereocenters. The molecule has 144 valence electrons. The first-order chi connectivity index (χ1) is 12.7. The first-order valence-corrected chi connectivity index (χ1v) is 9.18. The molecule has 1 atom stereocenters. The van der Waals surface area contributed by atoms with Crippen molar-refractivity contribution in [3.05, 3.63) is 33.1 Å². The molecule has 0 aliphatic carbocycles. The van der Waals surface area contributed by atoms with E-state index in [2.05, 4.69) is 31.2 Å². The van der Waals surface area contributed by atoms with Crippen molar-refractivity contribution in [1.82, 2.24) is 19.7 Å². The van der Waals surface area contributed by atoms with Crippen LogP contribution in [0.3, 0.4) is 0 Å². The van der Waals surface area contributed by atoms with Gasteiger partial charge in [0.1, 0.15) is 22.4 Å². The summed E-state index contributed by atoms with van der Waals surface area (Å²) >= 11 is 6.55. The Labute approximate surface area is 160 Å². The van der Waals surface area contributed by atoms with Gasteiger partial charge in [-0.2, -0.15) is 0 Å². The standard InChI is InChI=1S/C18H21ClN4O4/c1-18(2,3)13-8-23-15(14(19)16(21-23)27-9-5-20-6-9)11-4-12(24)10(17(25)26)7-22(11)13/h4,7,9,13,20H,5-6,8H2,1-3H3,(H,25,26)/t13-/m0/s1. The maximum Gasteiger partial charge on any atom is 0.341 e. The second kappa shape index (κ2) is 6.10. The first kappa shape index (κ1) is 18.1. The van der Waals surface area contributed by atoms with E-state index in [0.29, 0.717) is 28.8 Å². The number of ether oxygens (including phenoxy) is 1. The smallest absolute Gasteiger partial charge is 0.341 e. The summed E-state index contributed by atoms with van der Waals surface area (Å²) in [5, 5.41) is 17.3. The molecule has 0 amide bonds. The van der Waals surface area contributed by atoms with Gasteiger partial charge in [0.05, 0.1) is 18.3 Å². The van der Waals surface area contributed by atoms with Crippen molar-refractivity contribution in [1.29, 1.82) is 0 Å². The molecule has 0 spiro atoms. The lowest BCUT2D eigenvalue weighted by Crippen LogP contribution is -2.50. The molecule has 27 heavy (non-hydrogen) atoms. The van der Waals surface area contributed by atoms with Crippen molar-refractivity contribution < 1.29 is 14.6 Å². The third-order valence-corrected chi connectivity index (χ3v) is 5.46. The molecule has 1 saturated heterocycles.